The van der Waals surface area contributed by atoms with Gasteiger partial charge < -0.3 is 0 Å². The van der Waals surface area contributed by atoms with E-state index in [1.165, 1.54) is 18.3 Å². The van der Waals surface area contributed by atoms with Crippen molar-refractivity contribution in [2.75, 3.05) is 6.26 Å². The van der Waals surface area contributed by atoms with Crippen molar-refractivity contribution in [3.8, 4) is 5.69 Å². The molecule has 0 saturated heterocycles. The maximum Gasteiger partial charge on any atom is 0.264 e. The number of carbonyl (C=O) groups is 1. The lowest BCUT2D eigenvalue weighted by molar-refractivity contribution is 0.0982. The number of aryl methyl sites for hydroxylation is 1. The van der Waals surface area contributed by atoms with Crippen molar-refractivity contribution in [2.45, 2.75) is 6.92 Å². The number of fused-ring (bicyclic) bond motifs is 1. The smallest absolute Gasteiger partial charge is 0.264 e. The minimum Gasteiger partial charge on any atom is -0.268 e. The highest BCUT2D eigenvalue weighted by atomic mass is 32.2. The monoisotopic (exact) mass is 348 g/mol. The highest BCUT2D eigenvalue weighted by Crippen LogP contribution is 2.23. The Labute approximate surface area is 137 Å². The molecule has 0 unspecified atom stereocenters. The molecule has 1 N–H and O–H groups in total. The number of amides is 1. The van der Waals surface area contributed by atoms with Crippen molar-refractivity contribution in [1.29, 1.82) is 0 Å². The van der Waals surface area contributed by atoms with Gasteiger partial charge in [0.15, 0.2) is 0 Å². The molecule has 1 amide bonds. The van der Waals surface area contributed by atoms with E-state index in [-0.39, 0.29) is 5.56 Å². The number of halogens is 1. The fourth-order valence-electron chi connectivity index (χ4n) is 2.33. The van der Waals surface area contributed by atoms with E-state index in [0.717, 1.165) is 6.26 Å². The van der Waals surface area contributed by atoms with Gasteiger partial charge in [-0.05, 0) is 37.3 Å². The molecule has 0 aliphatic rings. The lowest BCUT2D eigenvalue weighted by atomic mass is 10.1. The maximum atomic E-state index is 13.0. The molecule has 3 aromatic rings. The number of carbonyl (C=O) groups excluding carboxylic acids is 1. The molecule has 124 valence electrons. The number of pyridine rings is 1. The van der Waals surface area contributed by atoms with Gasteiger partial charge in [-0.2, -0.15) is 9.49 Å². The van der Waals surface area contributed by atoms with Gasteiger partial charge >= 0.3 is 0 Å². The van der Waals surface area contributed by atoms with E-state index in [2.05, 4.69) is 10.1 Å². The van der Waals surface area contributed by atoms with Crippen LogP contribution < -0.4 is 4.72 Å². The average molecular weight is 348 g/mol. The van der Waals surface area contributed by atoms with Gasteiger partial charge in [-0.25, -0.2) is 22.8 Å². The van der Waals surface area contributed by atoms with Gasteiger partial charge in [0.05, 0.1) is 29.4 Å². The molecule has 0 atom stereocenters. The van der Waals surface area contributed by atoms with Crippen LogP contribution in [-0.2, 0) is 10.0 Å². The molecule has 0 bridgehead atoms. The van der Waals surface area contributed by atoms with Crippen LogP contribution in [0.15, 0.2) is 36.5 Å². The molecule has 3 rings (SSSR count). The van der Waals surface area contributed by atoms with Gasteiger partial charge in [-0.3, -0.25) is 4.79 Å². The van der Waals surface area contributed by atoms with E-state index in [1.54, 1.807) is 29.8 Å². The van der Waals surface area contributed by atoms with Crippen molar-refractivity contribution >= 4 is 26.8 Å². The third-order valence-corrected chi connectivity index (χ3v) is 3.92. The number of aromatic nitrogens is 3. The average Bonchev–Trinajstić information content (AvgIpc) is 2.83. The van der Waals surface area contributed by atoms with E-state index in [9.17, 15) is 17.6 Å². The van der Waals surface area contributed by atoms with Crippen LogP contribution in [0.1, 0.15) is 16.1 Å². The largest absolute Gasteiger partial charge is 0.268 e. The van der Waals surface area contributed by atoms with E-state index in [0.29, 0.717) is 22.3 Å². The molecule has 24 heavy (non-hydrogen) atoms. The summed E-state index contributed by atoms with van der Waals surface area (Å²) in [4.78, 5) is 15.6. The van der Waals surface area contributed by atoms with Crippen molar-refractivity contribution in [3.63, 3.8) is 0 Å². The van der Waals surface area contributed by atoms with Crippen LogP contribution in [0.3, 0.4) is 0 Å². The second-order valence-corrected chi connectivity index (χ2v) is 7.02. The zero-order chi connectivity index (χ0) is 17.5. The Bertz CT molecular complexity index is 1040. The molecule has 0 radical (unpaired) electrons. The highest BCUT2D eigenvalue weighted by Gasteiger charge is 2.15. The molecule has 7 nitrogen and oxygen atoms in total. The number of nitrogens with one attached hydrogen (secondary N) is 1. The summed E-state index contributed by atoms with van der Waals surface area (Å²) in [6.45, 7) is 1.76. The fraction of sp³-hybridized carbons (Fsp3) is 0.133. The van der Waals surface area contributed by atoms with Crippen LogP contribution in [0.25, 0.3) is 16.6 Å². The summed E-state index contributed by atoms with van der Waals surface area (Å²) in [6.07, 6.45) is 2.26. The number of hydrogen-bond donors (Lipinski definition) is 1. The minimum atomic E-state index is -3.64. The van der Waals surface area contributed by atoms with E-state index < -0.39 is 21.9 Å². The minimum absolute atomic E-state index is 0.202. The predicted octanol–water partition coefficient (Wildman–Crippen LogP) is 1.56. The van der Waals surface area contributed by atoms with Crippen molar-refractivity contribution in [1.82, 2.24) is 19.5 Å². The van der Waals surface area contributed by atoms with Crippen LogP contribution in [0.4, 0.5) is 4.39 Å². The van der Waals surface area contributed by atoms with Crippen LogP contribution in [0.5, 0.6) is 0 Å². The first-order valence-electron chi connectivity index (χ1n) is 6.88. The molecular weight excluding hydrogens is 335 g/mol. The summed E-state index contributed by atoms with van der Waals surface area (Å²) >= 11 is 0. The maximum absolute atomic E-state index is 13.0. The number of sulfonamides is 1. The normalized spacial score (nSPS) is 11.6. The van der Waals surface area contributed by atoms with E-state index in [4.69, 9.17) is 0 Å². The first-order chi connectivity index (χ1) is 11.2. The highest BCUT2D eigenvalue weighted by molar-refractivity contribution is 7.89. The molecule has 2 heterocycles. The van der Waals surface area contributed by atoms with Crippen LogP contribution in [0, 0.1) is 12.9 Å². The van der Waals surface area contributed by atoms with E-state index >= 15 is 0 Å². The van der Waals surface area contributed by atoms with Gasteiger partial charge in [0.1, 0.15) is 0 Å². The van der Waals surface area contributed by atoms with E-state index in [1.807, 2.05) is 4.72 Å². The first-order valence-corrected chi connectivity index (χ1v) is 8.77. The summed E-state index contributed by atoms with van der Waals surface area (Å²) in [5, 5.41) is 5.05. The Balaban J connectivity index is 2.08. The Morgan fingerprint density at radius 2 is 2.00 bits per heavy atom. The fourth-order valence-corrected chi connectivity index (χ4v) is 2.78. The molecule has 0 fully saturated rings. The van der Waals surface area contributed by atoms with Crippen LogP contribution >= 0.6 is 0 Å². The van der Waals surface area contributed by atoms with Gasteiger partial charge in [-0.1, -0.05) is 0 Å². The Morgan fingerprint density at radius 3 is 2.62 bits per heavy atom. The standard InChI is InChI=1S/C15H13FN4O3S/c1-9-12-7-10(15(21)19-24(2,22)23)3-5-13(12)20(18-9)11-4-6-14(16)17-8-11/h3-8H,1-2H3,(H,19,21). The summed E-state index contributed by atoms with van der Waals surface area (Å²) < 4.78 is 38.8. The lowest BCUT2D eigenvalue weighted by Gasteiger charge is -2.05. The van der Waals surface area contributed by atoms with Crippen molar-refractivity contribution < 1.29 is 17.6 Å². The quantitative estimate of drug-likeness (QED) is 0.725. The van der Waals surface area contributed by atoms with Gasteiger partial charge in [-0.15, -0.1) is 0 Å². The van der Waals surface area contributed by atoms with Crippen LogP contribution in [-0.4, -0.2) is 35.3 Å². The van der Waals surface area contributed by atoms with Gasteiger partial charge in [0.25, 0.3) is 5.91 Å². The Hall–Kier alpha value is -2.81. The summed E-state index contributed by atoms with van der Waals surface area (Å²) in [6, 6.07) is 7.48. The summed E-state index contributed by atoms with van der Waals surface area (Å²) in [5.41, 5.74) is 2.11. The molecule has 0 aliphatic heterocycles. The molecule has 0 saturated carbocycles. The van der Waals surface area contributed by atoms with Crippen LogP contribution in [0.2, 0.25) is 0 Å². The number of benzene rings is 1. The van der Waals surface area contributed by atoms with Gasteiger partial charge in [0, 0.05) is 10.9 Å². The second kappa shape index (κ2) is 5.68. The number of hydrogen-bond acceptors (Lipinski definition) is 5. The Morgan fingerprint density at radius 1 is 1.25 bits per heavy atom. The first kappa shape index (κ1) is 16.1. The lowest BCUT2D eigenvalue weighted by Crippen LogP contribution is -2.29. The zero-order valence-electron chi connectivity index (χ0n) is 12.8. The molecular formula is C15H13FN4O3S. The molecule has 0 spiro atoms. The molecule has 1 aromatic carbocycles. The number of nitrogens with zero attached hydrogens (tertiary/aromatic N) is 3. The molecule has 0 aliphatic carbocycles. The predicted molar refractivity (Wildman–Crippen MR) is 85.9 cm³/mol. The molecule has 9 heteroatoms. The summed E-state index contributed by atoms with van der Waals surface area (Å²) in [5.74, 6) is -1.30. The third-order valence-electron chi connectivity index (χ3n) is 3.36. The topological polar surface area (TPSA) is 93.9 Å². The SMILES string of the molecule is Cc1nn(-c2ccc(F)nc2)c2ccc(C(=O)NS(C)(=O)=O)cc12. The third kappa shape index (κ3) is 3.11. The number of rotatable bonds is 3. The van der Waals surface area contributed by atoms with Crippen molar-refractivity contribution in [2.24, 2.45) is 0 Å². The molecule has 2 aromatic heterocycles. The summed E-state index contributed by atoms with van der Waals surface area (Å²) in [7, 11) is -3.64. The zero-order valence-corrected chi connectivity index (χ0v) is 13.6. The van der Waals surface area contributed by atoms with Crippen molar-refractivity contribution in [3.05, 3.63) is 53.7 Å². The van der Waals surface area contributed by atoms with Gasteiger partial charge in [0.2, 0.25) is 16.0 Å². The Kier molecular flexibility index (Phi) is 3.80. The second-order valence-electron chi connectivity index (χ2n) is 5.27.